The number of nitrogens with one attached hydrogen (secondary N) is 1. The average molecular weight is 348 g/mol. The lowest BCUT2D eigenvalue weighted by Gasteiger charge is -2.19. The molecule has 0 bridgehead atoms. The van der Waals surface area contributed by atoms with Gasteiger partial charge >= 0.3 is 12.1 Å². The van der Waals surface area contributed by atoms with Crippen molar-refractivity contribution in [2.75, 3.05) is 20.3 Å². The van der Waals surface area contributed by atoms with Gasteiger partial charge in [0, 0.05) is 0 Å². The highest BCUT2D eigenvalue weighted by atomic mass is 35.5. The molecule has 0 aliphatic carbocycles. The van der Waals surface area contributed by atoms with Crippen LogP contribution in [0.4, 0.5) is 4.79 Å². The molecule has 2 N–H and O–H groups in total. The third kappa shape index (κ3) is 7.10. The van der Waals surface area contributed by atoms with E-state index in [1.807, 2.05) is 0 Å². The van der Waals surface area contributed by atoms with Gasteiger partial charge in [0.25, 0.3) is 0 Å². The summed E-state index contributed by atoms with van der Waals surface area (Å²) in [6.07, 6.45) is -0.555. The number of amides is 1. The molecule has 0 radical (unpaired) electrons. The molecular formula is C15H22ClNO6. The average Bonchev–Trinajstić information content (AvgIpc) is 2.41. The van der Waals surface area contributed by atoms with Crippen molar-refractivity contribution in [3.05, 3.63) is 23.8 Å². The Morgan fingerprint density at radius 3 is 2.48 bits per heavy atom. The summed E-state index contributed by atoms with van der Waals surface area (Å²) in [6, 6.07) is 4.43. The summed E-state index contributed by atoms with van der Waals surface area (Å²) in [6.45, 7) is 5.58. The zero-order valence-corrected chi connectivity index (χ0v) is 14.4. The van der Waals surface area contributed by atoms with Crippen LogP contribution in [-0.4, -0.2) is 43.0 Å². The van der Waals surface area contributed by atoms with Crippen molar-refractivity contribution in [3.63, 3.8) is 0 Å². The first kappa shape index (κ1) is 20.9. The molecule has 0 saturated heterocycles. The van der Waals surface area contributed by atoms with E-state index in [0.29, 0.717) is 0 Å². The number of hydrogen-bond acceptors (Lipinski definition) is 6. The maximum absolute atomic E-state index is 11.6. The molecule has 0 aliphatic heterocycles. The number of aromatic hydroxyl groups is 1. The van der Waals surface area contributed by atoms with Gasteiger partial charge in [0.05, 0.1) is 13.7 Å². The van der Waals surface area contributed by atoms with Crippen molar-refractivity contribution >= 4 is 24.5 Å². The predicted molar refractivity (Wildman–Crippen MR) is 86.4 cm³/mol. The molecule has 0 aliphatic rings. The van der Waals surface area contributed by atoms with Crippen molar-refractivity contribution < 1.29 is 28.9 Å². The number of phenols is 1. The number of ether oxygens (including phenoxy) is 3. The maximum atomic E-state index is 11.6. The number of carbonyl (C=O) groups is 2. The van der Waals surface area contributed by atoms with Crippen LogP contribution < -0.4 is 10.1 Å². The molecule has 0 unspecified atom stereocenters. The first-order valence-electron chi connectivity index (χ1n) is 6.74. The minimum absolute atomic E-state index is 0. The Morgan fingerprint density at radius 2 is 1.91 bits per heavy atom. The van der Waals surface area contributed by atoms with Crippen molar-refractivity contribution in [2.24, 2.45) is 0 Å². The lowest BCUT2D eigenvalue weighted by atomic mass is 10.2. The number of carbonyl (C=O) groups excluding carboxylic acids is 2. The van der Waals surface area contributed by atoms with Crippen LogP contribution in [0.2, 0.25) is 0 Å². The molecule has 8 heteroatoms. The lowest BCUT2D eigenvalue weighted by molar-refractivity contribution is 0.0515. The number of benzene rings is 1. The van der Waals surface area contributed by atoms with Crippen LogP contribution in [0.3, 0.4) is 0 Å². The Labute approximate surface area is 141 Å². The van der Waals surface area contributed by atoms with Gasteiger partial charge < -0.3 is 24.6 Å². The fourth-order valence-electron chi connectivity index (χ4n) is 1.58. The van der Waals surface area contributed by atoms with Crippen LogP contribution in [0.15, 0.2) is 18.2 Å². The summed E-state index contributed by atoms with van der Waals surface area (Å²) >= 11 is 0. The monoisotopic (exact) mass is 347 g/mol. The van der Waals surface area contributed by atoms with Gasteiger partial charge in [-0.25, -0.2) is 9.59 Å². The second kappa shape index (κ2) is 9.09. The molecule has 0 heterocycles. The van der Waals surface area contributed by atoms with Crippen LogP contribution >= 0.6 is 12.4 Å². The third-order valence-electron chi connectivity index (χ3n) is 2.42. The molecule has 1 rings (SSSR count). The van der Waals surface area contributed by atoms with Crippen LogP contribution in [0.1, 0.15) is 31.1 Å². The molecular weight excluding hydrogens is 326 g/mol. The fraction of sp³-hybridized carbons (Fsp3) is 0.467. The van der Waals surface area contributed by atoms with E-state index in [9.17, 15) is 14.7 Å². The van der Waals surface area contributed by atoms with Gasteiger partial charge in [0.2, 0.25) is 0 Å². The van der Waals surface area contributed by atoms with E-state index in [1.165, 1.54) is 19.2 Å². The summed E-state index contributed by atoms with van der Waals surface area (Å²) in [4.78, 5) is 23.0. The summed E-state index contributed by atoms with van der Waals surface area (Å²) in [5.74, 6) is -0.754. The predicted octanol–water partition coefficient (Wildman–Crippen LogP) is 2.50. The summed E-state index contributed by atoms with van der Waals surface area (Å²) in [5.41, 5.74) is -0.629. The van der Waals surface area contributed by atoms with E-state index >= 15 is 0 Å². The van der Waals surface area contributed by atoms with Crippen LogP contribution in [0.5, 0.6) is 11.5 Å². The molecule has 0 fully saturated rings. The van der Waals surface area contributed by atoms with Crippen LogP contribution in [0.25, 0.3) is 0 Å². The maximum Gasteiger partial charge on any atom is 0.407 e. The SMILES string of the molecule is COC(=O)c1c(O)cccc1OCCNC(=O)OC(C)(C)C.Cl. The minimum atomic E-state index is -0.701. The van der Waals surface area contributed by atoms with E-state index in [-0.39, 0.29) is 42.6 Å². The number of esters is 1. The number of rotatable bonds is 5. The van der Waals surface area contributed by atoms with Crippen LogP contribution in [0, 0.1) is 0 Å². The second-order valence-electron chi connectivity index (χ2n) is 5.42. The molecule has 1 aromatic carbocycles. The third-order valence-corrected chi connectivity index (χ3v) is 2.42. The van der Waals surface area contributed by atoms with E-state index in [1.54, 1.807) is 26.8 Å². The normalized spacial score (nSPS) is 10.3. The molecule has 23 heavy (non-hydrogen) atoms. The van der Waals surface area contributed by atoms with Gasteiger partial charge in [0.1, 0.15) is 29.3 Å². The number of alkyl carbamates (subject to hydrolysis) is 1. The highest BCUT2D eigenvalue weighted by Crippen LogP contribution is 2.28. The number of phenolic OH excluding ortho intramolecular Hbond substituents is 1. The zero-order valence-electron chi connectivity index (χ0n) is 13.5. The van der Waals surface area contributed by atoms with Gasteiger partial charge in [-0.3, -0.25) is 0 Å². The second-order valence-corrected chi connectivity index (χ2v) is 5.42. The van der Waals surface area contributed by atoms with Crippen LogP contribution in [-0.2, 0) is 9.47 Å². The zero-order chi connectivity index (χ0) is 16.8. The van der Waals surface area contributed by atoms with E-state index in [0.717, 1.165) is 0 Å². The molecule has 0 aromatic heterocycles. The number of methoxy groups -OCH3 is 1. The van der Waals surface area contributed by atoms with E-state index < -0.39 is 17.7 Å². The van der Waals surface area contributed by atoms with Gasteiger partial charge in [-0.1, -0.05) is 6.07 Å². The Balaban J connectivity index is 0.00000484. The topological polar surface area (TPSA) is 94.1 Å². The Bertz CT molecular complexity index is 541. The molecule has 0 spiro atoms. The van der Waals surface area contributed by atoms with Gasteiger partial charge in [-0.15, -0.1) is 12.4 Å². The molecule has 0 saturated carbocycles. The van der Waals surface area contributed by atoms with Crippen molar-refractivity contribution in [1.29, 1.82) is 0 Å². The summed E-state index contributed by atoms with van der Waals surface area (Å²) in [5, 5.41) is 12.2. The van der Waals surface area contributed by atoms with Crippen molar-refractivity contribution in [3.8, 4) is 11.5 Å². The van der Waals surface area contributed by atoms with Gasteiger partial charge in [-0.05, 0) is 32.9 Å². The van der Waals surface area contributed by atoms with Gasteiger partial charge in [-0.2, -0.15) is 0 Å². The standard InChI is InChI=1S/C15H21NO6.ClH/c1-15(2,3)22-14(19)16-8-9-21-11-7-5-6-10(17)12(11)13(18)20-4;/h5-7,17H,8-9H2,1-4H3,(H,16,19);1H. The lowest BCUT2D eigenvalue weighted by Crippen LogP contribution is -2.34. The molecule has 7 nitrogen and oxygen atoms in total. The first-order valence-corrected chi connectivity index (χ1v) is 6.74. The summed E-state index contributed by atoms with van der Waals surface area (Å²) in [7, 11) is 1.21. The highest BCUT2D eigenvalue weighted by Gasteiger charge is 2.18. The largest absolute Gasteiger partial charge is 0.507 e. The smallest absolute Gasteiger partial charge is 0.407 e. The molecule has 1 amide bonds. The highest BCUT2D eigenvalue weighted by molar-refractivity contribution is 5.95. The van der Waals surface area contributed by atoms with Crippen molar-refractivity contribution in [2.45, 2.75) is 26.4 Å². The molecule has 130 valence electrons. The Morgan fingerprint density at radius 1 is 1.26 bits per heavy atom. The Kier molecular flexibility index (Phi) is 8.24. The molecule has 1 aromatic rings. The Hall–Kier alpha value is -2.15. The molecule has 0 atom stereocenters. The quantitative estimate of drug-likeness (QED) is 0.627. The van der Waals surface area contributed by atoms with Gasteiger partial charge in [0.15, 0.2) is 0 Å². The number of hydrogen-bond donors (Lipinski definition) is 2. The summed E-state index contributed by atoms with van der Waals surface area (Å²) < 4.78 is 15.0. The number of halogens is 1. The van der Waals surface area contributed by atoms with E-state index in [2.05, 4.69) is 10.1 Å². The fourth-order valence-corrected chi connectivity index (χ4v) is 1.58. The first-order chi connectivity index (χ1) is 10.2. The minimum Gasteiger partial charge on any atom is -0.507 e. The van der Waals surface area contributed by atoms with E-state index in [4.69, 9.17) is 9.47 Å². The van der Waals surface area contributed by atoms with Crippen molar-refractivity contribution in [1.82, 2.24) is 5.32 Å².